The van der Waals surface area contributed by atoms with Crippen LogP contribution >= 0.6 is 0 Å². The van der Waals surface area contributed by atoms with Gasteiger partial charge in [0.05, 0.1) is 32.1 Å². The Balaban J connectivity index is 1.93. The van der Waals surface area contributed by atoms with Gasteiger partial charge < -0.3 is 25.0 Å². The van der Waals surface area contributed by atoms with Crippen molar-refractivity contribution in [3.05, 3.63) is 48.2 Å². The van der Waals surface area contributed by atoms with Gasteiger partial charge in [0, 0.05) is 12.6 Å². The number of ether oxygens (including phenoxy) is 2. The van der Waals surface area contributed by atoms with Crippen LogP contribution < -0.4 is 20.1 Å². The summed E-state index contributed by atoms with van der Waals surface area (Å²) in [6, 6.07) is 11.0. The molecule has 2 amide bonds. The molecular weight excluding hydrogens is 320 g/mol. The van der Waals surface area contributed by atoms with Crippen LogP contribution in [0.25, 0.3) is 0 Å². The van der Waals surface area contributed by atoms with E-state index in [2.05, 4.69) is 20.5 Å². The number of pyridine rings is 1. The molecule has 1 atom stereocenters. The quantitative estimate of drug-likeness (QED) is 0.807. The summed E-state index contributed by atoms with van der Waals surface area (Å²) in [6.45, 7) is 0.467. The summed E-state index contributed by atoms with van der Waals surface area (Å²) in [4.78, 5) is 18.2. The highest BCUT2D eigenvalue weighted by Crippen LogP contribution is 2.20. The van der Waals surface area contributed by atoms with Crippen LogP contribution in [0.4, 0.5) is 10.5 Å². The number of likely N-dealkylation sites (N-methyl/N-ethyl adjacent to an activating group) is 1. The summed E-state index contributed by atoms with van der Waals surface area (Å²) in [5.74, 6) is 1.30. The number of urea groups is 1. The van der Waals surface area contributed by atoms with Gasteiger partial charge in [0.15, 0.2) is 0 Å². The first-order valence-electron chi connectivity index (χ1n) is 7.88. The first kappa shape index (κ1) is 18.5. The van der Waals surface area contributed by atoms with E-state index in [-0.39, 0.29) is 12.1 Å². The van der Waals surface area contributed by atoms with Gasteiger partial charge in [0.1, 0.15) is 5.75 Å². The van der Waals surface area contributed by atoms with E-state index in [1.807, 2.05) is 38.4 Å². The molecule has 0 aliphatic heterocycles. The maximum absolute atomic E-state index is 12.1. The Morgan fingerprint density at radius 1 is 1.12 bits per heavy atom. The van der Waals surface area contributed by atoms with E-state index in [9.17, 15) is 4.79 Å². The first-order valence-corrected chi connectivity index (χ1v) is 7.88. The number of amides is 2. The van der Waals surface area contributed by atoms with Gasteiger partial charge in [-0.15, -0.1) is 0 Å². The lowest BCUT2D eigenvalue weighted by Gasteiger charge is -2.25. The van der Waals surface area contributed by atoms with Gasteiger partial charge in [0.2, 0.25) is 5.88 Å². The summed E-state index contributed by atoms with van der Waals surface area (Å²) in [6.07, 6.45) is 1.55. The van der Waals surface area contributed by atoms with Gasteiger partial charge in [-0.1, -0.05) is 12.1 Å². The lowest BCUT2D eigenvalue weighted by Crippen LogP contribution is -2.36. The molecule has 0 spiro atoms. The second-order valence-corrected chi connectivity index (χ2v) is 5.68. The van der Waals surface area contributed by atoms with Crippen molar-refractivity contribution >= 4 is 11.7 Å². The minimum absolute atomic E-state index is 0.0469. The van der Waals surface area contributed by atoms with Crippen molar-refractivity contribution in [3.8, 4) is 11.6 Å². The van der Waals surface area contributed by atoms with Crippen LogP contribution in [0, 0.1) is 0 Å². The molecule has 0 aliphatic carbocycles. The fraction of sp³-hybridized carbons (Fsp3) is 0.333. The Morgan fingerprint density at radius 2 is 1.84 bits per heavy atom. The highest BCUT2D eigenvalue weighted by Gasteiger charge is 2.15. The normalized spacial score (nSPS) is 11.7. The average Bonchev–Trinajstić information content (AvgIpc) is 2.62. The minimum Gasteiger partial charge on any atom is -0.497 e. The zero-order chi connectivity index (χ0) is 18.2. The maximum Gasteiger partial charge on any atom is 0.319 e. The summed E-state index contributed by atoms with van der Waals surface area (Å²) in [5, 5.41) is 5.64. The molecule has 0 radical (unpaired) electrons. The molecule has 0 saturated carbocycles. The van der Waals surface area contributed by atoms with E-state index in [1.165, 1.54) is 0 Å². The van der Waals surface area contributed by atoms with Crippen molar-refractivity contribution in [2.45, 2.75) is 6.04 Å². The van der Waals surface area contributed by atoms with Crippen molar-refractivity contribution in [1.29, 1.82) is 0 Å². The molecule has 25 heavy (non-hydrogen) atoms. The molecule has 7 nitrogen and oxygen atoms in total. The van der Waals surface area contributed by atoms with Crippen molar-refractivity contribution in [2.75, 3.05) is 40.2 Å². The number of nitrogens with one attached hydrogen (secondary N) is 2. The molecule has 0 fully saturated rings. The second kappa shape index (κ2) is 8.89. The van der Waals surface area contributed by atoms with E-state index < -0.39 is 0 Å². The van der Waals surface area contributed by atoms with Gasteiger partial charge in [0.25, 0.3) is 0 Å². The van der Waals surface area contributed by atoms with Crippen LogP contribution in [0.5, 0.6) is 11.6 Å². The highest BCUT2D eigenvalue weighted by molar-refractivity contribution is 5.89. The molecule has 1 aromatic heterocycles. The summed E-state index contributed by atoms with van der Waals surface area (Å²) in [5.41, 5.74) is 1.70. The smallest absolute Gasteiger partial charge is 0.319 e. The van der Waals surface area contributed by atoms with Crippen LogP contribution in [0.15, 0.2) is 42.6 Å². The average molecular weight is 344 g/mol. The van der Waals surface area contributed by atoms with Crippen LogP contribution in [0.2, 0.25) is 0 Å². The number of hydrogen-bond acceptors (Lipinski definition) is 5. The Kier molecular flexibility index (Phi) is 6.59. The molecule has 0 aliphatic rings. The molecule has 0 bridgehead atoms. The zero-order valence-electron chi connectivity index (χ0n) is 14.9. The standard InChI is InChI=1S/C18H24N4O3/c1-22(2)16(13-5-8-15(24-3)9-6-13)12-20-18(23)21-14-7-10-17(25-4)19-11-14/h5-11,16H,12H2,1-4H3,(H2,20,21,23). The molecule has 2 aromatic rings. The molecule has 0 saturated heterocycles. The van der Waals surface area contributed by atoms with E-state index in [0.29, 0.717) is 18.1 Å². The van der Waals surface area contributed by atoms with E-state index in [4.69, 9.17) is 9.47 Å². The topological polar surface area (TPSA) is 75.7 Å². The van der Waals surface area contributed by atoms with Crippen molar-refractivity contribution in [2.24, 2.45) is 0 Å². The van der Waals surface area contributed by atoms with E-state index in [0.717, 1.165) is 11.3 Å². The third-order valence-electron chi connectivity index (χ3n) is 3.78. The predicted molar refractivity (Wildman–Crippen MR) is 97.2 cm³/mol. The van der Waals surface area contributed by atoms with Gasteiger partial charge in [-0.05, 0) is 37.9 Å². The van der Waals surface area contributed by atoms with Gasteiger partial charge in [-0.2, -0.15) is 0 Å². The largest absolute Gasteiger partial charge is 0.497 e. The molecular formula is C18H24N4O3. The number of methoxy groups -OCH3 is 2. The van der Waals surface area contributed by atoms with E-state index in [1.54, 1.807) is 32.5 Å². The number of hydrogen-bond donors (Lipinski definition) is 2. The number of nitrogens with zero attached hydrogens (tertiary/aromatic N) is 2. The SMILES string of the molecule is COc1ccc(C(CNC(=O)Nc2ccc(OC)nc2)N(C)C)cc1. The number of carbonyl (C=O) groups is 1. The lowest BCUT2D eigenvalue weighted by molar-refractivity contribution is 0.243. The Labute approximate surface area is 148 Å². The Hall–Kier alpha value is -2.80. The van der Waals surface area contributed by atoms with Crippen molar-refractivity contribution in [3.63, 3.8) is 0 Å². The number of anilines is 1. The fourth-order valence-electron chi connectivity index (χ4n) is 2.36. The predicted octanol–water partition coefficient (Wildman–Crippen LogP) is 2.52. The third kappa shape index (κ3) is 5.36. The minimum atomic E-state index is -0.285. The zero-order valence-corrected chi connectivity index (χ0v) is 14.9. The first-order chi connectivity index (χ1) is 12.0. The molecule has 1 unspecified atom stereocenters. The number of carbonyl (C=O) groups excluding carboxylic acids is 1. The lowest BCUT2D eigenvalue weighted by atomic mass is 10.1. The van der Waals surface area contributed by atoms with Gasteiger partial charge in [-0.3, -0.25) is 0 Å². The summed E-state index contributed by atoms with van der Waals surface area (Å²) in [7, 11) is 7.13. The number of rotatable bonds is 7. The Morgan fingerprint density at radius 3 is 2.36 bits per heavy atom. The molecule has 1 aromatic carbocycles. The highest BCUT2D eigenvalue weighted by atomic mass is 16.5. The Bertz CT molecular complexity index is 672. The van der Waals surface area contributed by atoms with Crippen LogP contribution in [-0.2, 0) is 0 Å². The summed E-state index contributed by atoms with van der Waals surface area (Å²) < 4.78 is 10.2. The van der Waals surface area contributed by atoms with Crippen LogP contribution in [-0.4, -0.2) is 50.8 Å². The van der Waals surface area contributed by atoms with Gasteiger partial charge in [-0.25, -0.2) is 9.78 Å². The van der Waals surface area contributed by atoms with Crippen molar-refractivity contribution < 1.29 is 14.3 Å². The molecule has 2 N–H and O–H groups in total. The molecule has 134 valence electrons. The van der Waals surface area contributed by atoms with Crippen molar-refractivity contribution in [1.82, 2.24) is 15.2 Å². The van der Waals surface area contributed by atoms with Gasteiger partial charge >= 0.3 is 6.03 Å². The summed E-state index contributed by atoms with van der Waals surface area (Å²) >= 11 is 0. The fourth-order valence-corrected chi connectivity index (χ4v) is 2.36. The molecule has 7 heteroatoms. The monoisotopic (exact) mass is 344 g/mol. The van der Waals surface area contributed by atoms with E-state index >= 15 is 0 Å². The third-order valence-corrected chi connectivity index (χ3v) is 3.78. The number of benzene rings is 1. The maximum atomic E-state index is 12.1. The van der Waals surface area contributed by atoms with Crippen LogP contribution in [0.1, 0.15) is 11.6 Å². The second-order valence-electron chi connectivity index (χ2n) is 5.68. The molecule has 2 rings (SSSR count). The number of aromatic nitrogens is 1. The van der Waals surface area contributed by atoms with Crippen LogP contribution in [0.3, 0.4) is 0 Å². The molecule has 1 heterocycles.